The first kappa shape index (κ1) is 10.3. The highest BCUT2D eigenvalue weighted by Crippen LogP contribution is 2.27. The van der Waals surface area contributed by atoms with Crippen molar-refractivity contribution >= 4 is 0 Å². The van der Waals surface area contributed by atoms with Gasteiger partial charge in [-0.2, -0.15) is 0 Å². The molecule has 82 valence electrons. The molecule has 2 atom stereocenters. The number of rotatable bonds is 2. The van der Waals surface area contributed by atoms with Crippen LogP contribution in [0.25, 0.3) is 0 Å². The zero-order valence-electron chi connectivity index (χ0n) is 8.38. The third kappa shape index (κ3) is 2.42. The van der Waals surface area contributed by atoms with E-state index < -0.39 is 6.43 Å². The van der Waals surface area contributed by atoms with E-state index in [2.05, 4.69) is 5.32 Å². The van der Waals surface area contributed by atoms with Gasteiger partial charge in [0.15, 0.2) is 0 Å². The van der Waals surface area contributed by atoms with Crippen molar-refractivity contribution in [3.8, 4) is 0 Å². The van der Waals surface area contributed by atoms with Gasteiger partial charge in [0, 0.05) is 0 Å². The minimum absolute atomic E-state index is 0.0349. The van der Waals surface area contributed by atoms with Gasteiger partial charge in [0.2, 0.25) is 0 Å². The average molecular weight is 204 g/mol. The molecule has 0 aromatic carbocycles. The predicted molar refractivity (Wildman–Crippen MR) is 51.5 cm³/mol. The maximum absolute atomic E-state index is 12.2. The monoisotopic (exact) mass is 204 g/mol. The summed E-state index contributed by atoms with van der Waals surface area (Å²) in [6, 6.07) is 0. The third-order valence-electron chi connectivity index (χ3n) is 3.51. The van der Waals surface area contributed by atoms with Crippen molar-refractivity contribution in [1.29, 1.82) is 0 Å². The van der Waals surface area contributed by atoms with Crippen molar-refractivity contribution in [3.63, 3.8) is 0 Å². The van der Waals surface area contributed by atoms with Crippen molar-refractivity contribution in [1.82, 2.24) is 10.2 Å². The predicted octanol–water partition coefficient (Wildman–Crippen LogP) is 1.18. The van der Waals surface area contributed by atoms with E-state index in [-0.39, 0.29) is 6.54 Å². The number of nitrogens with one attached hydrogen (secondary N) is 1. The van der Waals surface area contributed by atoms with E-state index in [1.165, 1.54) is 0 Å². The molecular weight excluding hydrogens is 186 g/mol. The summed E-state index contributed by atoms with van der Waals surface area (Å²) in [7, 11) is 0. The standard InChI is InChI=1S/C10H18F2N2/c11-10(12)7-14-3-1-8-5-13-6-9(8)2-4-14/h8-10,13H,1-7H2. The minimum Gasteiger partial charge on any atom is -0.316 e. The van der Waals surface area contributed by atoms with Crippen LogP contribution in [0.1, 0.15) is 12.8 Å². The van der Waals surface area contributed by atoms with Crippen molar-refractivity contribution < 1.29 is 8.78 Å². The lowest BCUT2D eigenvalue weighted by molar-refractivity contribution is 0.0890. The molecule has 0 aromatic heterocycles. The molecule has 2 unspecified atom stereocenters. The number of hydrogen-bond acceptors (Lipinski definition) is 2. The molecule has 0 aromatic rings. The molecule has 2 aliphatic heterocycles. The molecule has 0 bridgehead atoms. The molecule has 4 heteroatoms. The minimum atomic E-state index is -2.17. The van der Waals surface area contributed by atoms with Crippen LogP contribution in [0, 0.1) is 11.8 Å². The van der Waals surface area contributed by atoms with Crippen LogP contribution in [0.2, 0.25) is 0 Å². The van der Waals surface area contributed by atoms with Crippen LogP contribution >= 0.6 is 0 Å². The Bertz CT molecular complexity index is 173. The van der Waals surface area contributed by atoms with E-state index in [0.29, 0.717) is 0 Å². The second-order valence-corrected chi connectivity index (χ2v) is 4.45. The molecular formula is C10H18F2N2. The highest BCUT2D eigenvalue weighted by Gasteiger charge is 2.30. The lowest BCUT2D eigenvalue weighted by Crippen LogP contribution is -2.30. The largest absolute Gasteiger partial charge is 0.316 e. The number of likely N-dealkylation sites (tertiary alicyclic amines) is 1. The van der Waals surface area contributed by atoms with E-state index in [1.807, 2.05) is 4.90 Å². The Hall–Kier alpha value is -0.220. The van der Waals surface area contributed by atoms with E-state index in [4.69, 9.17) is 0 Å². The van der Waals surface area contributed by atoms with Crippen molar-refractivity contribution in [2.75, 3.05) is 32.7 Å². The number of fused-ring (bicyclic) bond motifs is 1. The molecule has 2 saturated heterocycles. The van der Waals surface area contributed by atoms with E-state index in [0.717, 1.165) is 50.9 Å². The summed E-state index contributed by atoms with van der Waals surface area (Å²) >= 11 is 0. The molecule has 2 rings (SSSR count). The van der Waals surface area contributed by atoms with Gasteiger partial charge in [-0.25, -0.2) is 8.78 Å². The molecule has 2 fully saturated rings. The first-order valence-electron chi connectivity index (χ1n) is 5.47. The van der Waals surface area contributed by atoms with Gasteiger partial charge in [0.25, 0.3) is 6.43 Å². The van der Waals surface area contributed by atoms with Gasteiger partial charge in [-0.3, -0.25) is 4.90 Å². The van der Waals surface area contributed by atoms with E-state index in [9.17, 15) is 8.78 Å². The third-order valence-corrected chi connectivity index (χ3v) is 3.51. The molecule has 2 heterocycles. The maximum atomic E-state index is 12.2. The Morgan fingerprint density at radius 3 is 2.21 bits per heavy atom. The van der Waals surface area contributed by atoms with Crippen molar-refractivity contribution in [2.24, 2.45) is 11.8 Å². The molecule has 0 spiro atoms. The Morgan fingerprint density at radius 2 is 1.71 bits per heavy atom. The maximum Gasteiger partial charge on any atom is 0.251 e. The van der Waals surface area contributed by atoms with Gasteiger partial charge in [-0.05, 0) is 50.9 Å². The summed E-state index contributed by atoms with van der Waals surface area (Å²) in [5.74, 6) is 1.47. The fourth-order valence-corrected chi connectivity index (χ4v) is 2.65. The Morgan fingerprint density at radius 1 is 1.14 bits per heavy atom. The average Bonchev–Trinajstić information content (AvgIpc) is 2.50. The van der Waals surface area contributed by atoms with Crippen LogP contribution in [-0.4, -0.2) is 44.0 Å². The van der Waals surface area contributed by atoms with Gasteiger partial charge >= 0.3 is 0 Å². The number of nitrogens with zero attached hydrogens (tertiary/aromatic N) is 1. The zero-order valence-corrected chi connectivity index (χ0v) is 8.38. The summed E-state index contributed by atoms with van der Waals surface area (Å²) in [5.41, 5.74) is 0. The fourth-order valence-electron chi connectivity index (χ4n) is 2.65. The molecule has 0 aliphatic carbocycles. The van der Waals surface area contributed by atoms with Crippen LogP contribution < -0.4 is 5.32 Å². The fraction of sp³-hybridized carbons (Fsp3) is 1.00. The molecule has 2 aliphatic rings. The number of alkyl halides is 2. The lowest BCUT2D eigenvalue weighted by atomic mass is 9.92. The van der Waals surface area contributed by atoms with E-state index >= 15 is 0 Å². The lowest BCUT2D eigenvalue weighted by Gasteiger charge is -2.19. The number of hydrogen-bond donors (Lipinski definition) is 1. The van der Waals surface area contributed by atoms with Crippen LogP contribution in [-0.2, 0) is 0 Å². The van der Waals surface area contributed by atoms with Crippen LogP contribution in [0.15, 0.2) is 0 Å². The van der Waals surface area contributed by atoms with Gasteiger partial charge in [-0.15, -0.1) is 0 Å². The molecule has 0 radical (unpaired) electrons. The van der Waals surface area contributed by atoms with Crippen LogP contribution in [0.4, 0.5) is 8.78 Å². The quantitative estimate of drug-likeness (QED) is 0.726. The zero-order chi connectivity index (χ0) is 9.97. The Kier molecular flexibility index (Phi) is 3.34. The van der Waals surface area contributed by atoms with Crippen LogP contribution in [0.5, 0.6) is 0 Å². The normalized spacial score (nSPS) is 34.5. The highest BCUT2D eigenvalue weighted by molar-refractivity contribution is 4.85. The molecule has 0 saturated carbocycles. The Labute approximate surface area is 83.7 Å². The SMILES string of the molecule is FC(F)CN1CCC2CNCC2CC1. The van der Waals surface area contributed by atoms with Crippen molar-refractivity contribution in [2.45, 2.75) is 19.3 Å². The summed E-state index contributed by atoms with van der Waals surface area (Å²) < 4.78 is 24.4. The summed E-state index contributed by atoms with van der Waals surface area (Å²) in [5, 5.41) is 3.38. The highest BCUT2D eigenvalue weighted by atomic mass is 19.3. The second kappa shape index (κ2) is 4.53. The summed E-state index contributed by atoms with van der Waals surface area (Å²) in [4.78, 5) is 1.92. The van der Waals surface area contributed by atoms with Crippen LogP contribution in [0.3, 0.4) is 0 Å². The smallest absolute Gasteiger partial charge is 0.251 e. The van der Waals surface area contributed by atoms with Gasteiger partial charge in [0.05, 0.1) is 6.54 Å². The van der Waals surface area contributed by atoms with Gasteiger partial charge < -0.3 is 5.32 Å². The first-order chi connectivity index (χ1) is 6.75. The Balaban J connectivity index is 1.83. The van der Waals surface area contributed by atoms with Crippen molar-refractivity contribution in [3.05, 3.63) is 0 Å². The summed E-state index contributed by atoms with van der Waals surface area (Å²) in [6.07, 6.45) is 0.000431. The second-order valence-electron chi connectivity index (χ2n) is 4.45. The van der Waals surface area contributed by atoms with Gasteiger partial charge in [-0.1, -0.05) is 0 Å². The molecule has 14 heavy (non-hydrogen) atoms. The molecule has 2 nitrogen and oxygen atoms in total. The van der Waals surface area contributed by atoms with Gasteiger partial charge in [0.1, 0.15) is 0 Å². The summed E-state index contributed by atoms with van der Waals surface area (Å²) in [6.45, 7) is 3.85. The number of halogens is 2. The molecule has 0 amide bonds. The molecule has 1 N–H and O–H groups in total. The topological polar surface area (TPSA) is 15.3 Å². The van der Waals surface area contributed by atoms with E-state index in [1.54, 1.807) is 0 Å². The first-order valence-corrected chi connectivity index (χ1v) is 5.47.